The van der Waals surface area contributed by atoms with Gasteiger partial charge in [-0.25, -0.2) is 8.42 Å². The molecule has 1 aromatic carbocycles. The number of ether oxygens (including phenoxy) is 1. The largest absolute Gasteiger partial charge is 0.378 e. The summed E-state index contributed by atoms with van der Waals surface area (Å²) in [6.07, 6.45) is 0.470. The third-order valence-corrected chi connectivity index (χ3v) is 6.50. The smallest absolute Gasteiger partial charge is 0.254 e. The van der Waals surface area contributed by atoms with Crippen molar-refractivity contribution in [1.29, 1.82) is 0 Å². The van der Waals surface area contributed by atoms with Gasteiger partial charge in [-0.1, -0.05) is 0 Å². The van der Waals surface area contributed by atoms with Crippen molar-refractivity contribution in [1.82, 2.24) is 9.80 Å². The first-order chi connectivity index (χ1) is 11.9. The number of carbonyl (C=O) groups is 2. The zero-order chi connectivity index (χ0) is 18.0. The molecule has 2 saturated heterocycles. The number of morpholine rings is 1. The number of rotatable bonds is 3. The number of nitrogens with zero attached hydrogens (tertiary/aromatic N) is 2. The van der Waals surface area contributed by atoms with E-state index in [0.29, 0.717) is 43.9 Å². The predicted molar refractivity (Wildman–Crippen MR) is 92.3 cm³/mol. The first-order valence-corrected chi connectivity index (χ1v) is 10.1. The maximum Gasteiger partial charge on any atom is 0.254 e. The molecule has 2 aliphatic heterocycles. The molecule has 0 bridgehead atoms. The van der Waals surface area contributed by atoms with Crippen LogP contribution in [0.4, 0.5) is 0 Å². The summed E-state index contributed by atoms with van der Waals surface area (Å²) in [6, 6.07) is 6.24. The molecule has 136 valence electrons. The zero-order valence-corrected chi connectivity index (χ0v) is 15.0. The third-order valence-electron chi connectivity index (χ3n) is 4.75. The Hall–Kier alpha value is -1.93. The van der Waals surface area contributed by atoms with Gasteiger partial charge in [0.05, 0.1) is 24.7 Å². The van der Waals surface area contributed by atoms with Crippen molar-refractivity contribution in [2.75, 3.05) is 44.9 Å². The van der Waals surface area contributed by atoms with E-state index in [-0.39, 0.29) is 29.4 Å². The van der Waals surface area contributed by atoms with Crippen LogP contribution in [0.25, 0.3) is 0 Å². The molecule has 3 rings (SSSR count). The van der Waals surface area contributed by atoms with Gasteiger partial charge in [-0.05, 0) is 30.7 Å². The topological polar surface area (TPSA) is 84.0 Å². The molecule has 0 spiro atoms. The first-order valence-electron chi connectivity index (χ1n) is 8.32. The number of hydrogen-bond donors (Lipinski definition) is 0. The van der Waals surface area contributed by atoms with Gasteiger partial charge < -0.3 is 14.5 Å². The van der Waals surface area contributed by atoms with E-state index in [0.717, 1.165) is 0 Å². The van der Waals surface area contributed by atoms with Crippen LogP contribution >= 0.6 is 0 Å². The van der Waals surface area contributed by atoms with Crippen molar-refractivity contribution < 1.29 is 22.7 Å². The minimum Gasteiger partial charge on any atom is -0.378 e. The molecule has 2 aliphatic rings. The van der Waals surface area contributed by atoms with Crippen molar-refractivity contribution in [3.63, 3.8) is 0 Å². The Kier molecular flexibility index (Phi) is 5.10. The van der Waals surface area contributed by atoms with Crippen LogP contribution in [0.5, 0.6) is 0 Å². The van der Waals surface area contributed by atoms with Gasteiger partial charge in [-0.2, -0.15) is 0 Å². The predicted octanol–water partition coefficient (Wildman–Crippen LogP) is 0.418. The molecule has 1 unspecified atom stereocenters. The van der Waals surface area contributed by atoms with Crippen molar-refractivity contribution >= 4 is 21.7 Å². The Labute approximate surface area is 147 Å². The van der Waals surface area contributed by atoms with E-state index in [4.69, 9.17) is 4.74 Å². The summed E-state index contributed by atoms with van der Waals surface area (Å²) in [7, 11) is -1.42. The summed E-state index contributed by atoms with van der Waals surface area (Å²) in [6.45, 7) is 2.21. The number of amides is 2. The Morgan fingerprint density at radius 1 is 1.12 bits per heavy atom. The Morgan fingerprint density at radius 2 is 1.72 bits per heavy atom. The van der Waals surface area contributed by atoms with Crippen molar-refractivity contribution in [3.8, 4) is 0 Å². The average molecular weight is 366 g/mol. The second kappa shape index (κ2) is 7.13. The van der Waals surface area contributed by atoms with Gasteiger partial charge in [0.15, 0.2) is 9.84 Å². The van der Waals surface area contributed by atoms with E-state index in [2.05, 4.69) is 0 Å². The van der Waals surface area contributed by atoms with Crippen LogP contribution in [0.15, 0.2) is 24.3 Å². The maximum atomic E-state index is 12.5. The minimum atomic E-state index is -3.04. The van der Waals surface area contributed by atoms with E-state index in [9.17, 15) is 18.0 Å². The van der Waals surface area contributed by atoms with Crippen molar-refractivity contribution in [3.05, 3.63) is 35.4 Å². The maximum absolute atomic E-state index is 12.5. The Bertz CT molecular complexity index is 754. The van der Waals surface area contributed by atoms with Crippen LogP contribution in [0.3, 0.4) is 0 Å². The lowest BCUT2D eigenvalue weighted by Crippen LogP contribution is -2.40. The Balaban J connectivity index is 1.67. The van der Waals surface area contributed by atoms with Gasteiger partial charge in [0.1, 0.15) is 0 Å². The van der Waals surface area contributed by atoms with Crippen molar-refractivity contribution in [2.45, 2.75) is 12.5 Å². The second-order valence-corrected chi connectivity index (χ2v) is 8.68. The van der Waals surface area contributed by atoms with E-state index < -0.39 is 9.84 Å². The fraction of sp³-hybridized carbons (Fsp3) is 0.529. The highest BCUT2D eigenvalue weighted by Crippen LogP contribution is 2.19. The summed E-state index contributed by atoms with van der Waals surface area (Å²) in [5.74, 6) is -0.157. The molecule has 0 saturated carbocycles. The zero-order valence-electron chi connectivity index (χ0n) is 14.2. The molecule has 25 heavy (non-hydrogen) atoms. The second-order valence-electron chi connectivity index (χ2n) is 6.45. The third kappa shape index (κ3) is 4.01. The minimum absolute atomic E-state index is 0.0167. The van der Waals surface area contributed by atoms with Crippen LogP contribution in [0.1, 0.15) is 27.1 Å². The fourth-order valence-corrected chi connectivity index (χ4v) is 4.93. The molecule has 2 heterocycles. The van der Waals surface area contributed by atoms with E-state index >= 15 is 0 Å². The molecule has 2 amide bonds. The molecule has 8 heteroatoms. The van der Waals surface area contributed by atoms with E-state index in [1.54, 1.807) is 36.2 Å². The van der Waals surface area contributed by atoms with Gasteiger partial charge in [0.25, 0.3) is 11.8 Å². The van der Waals surface area contributed by atoms with Gasteiger partial charge in [0, 0.05) is 37.3 Å². The van der Waals surface area contributed by atoms with Crippen LogP contribution in [-0.4, -0.2) is 80.9 Å². The van der Waals surface area contributed by atoms with Gasteiger partial charge >= 0.3 is 0 Å². The normalized spacial score (nSPS) is 22.6. The number of benzene rings is 1. The monoisotopic (exact) mass is 366 g/mol. The highest BCUT2D eigenvalue weighted by atomic mass is 32.2. The summed E-state index contributed by atoms with van der Waals surface area (Å²) >= 11 is 0. The molecule has 1 atom stereocenters. The van der Waals surface area contributed by atoms with Gasteiger partial charge in [-0.3, -0.25) is 9.59 Å². The van der Waals surface area contributed by atoms with Crippen LogP contribution < -0.4 is 0 Å². The summed E-state index contributed by atoms with van der Waals surface area (Å²) in [5.41, 5.74) is 0.981. The lowest BCUT2D eigenvalue weighted by molar-refractivity contribution is 0.0303. The number of sulfone groups is 1. The summed E-state index contributed by atoms with van der Waals surface area (Å²) in [4.78, 5) is 28.2. The molecule has 0 radical (unpaired) electrons. The average Bonchev–Trinajstić information content (AvgIpc) is 3.00. The van der Waals surface area contributed by atoms with Crippen LogP contribution in [0.2, 0.25) is 0 Å². The summed E-state index contributed by atoms with van der Waals surface area (Å²) < 4.78 is 28.4. The molecular formula is C17H22N2O5S. The molecule has 1 aromatic rings. The van der Waals surface area contributed by atoms with E-state index in [1.165, 1.54) is 4.90 Å². The highest BCUT2D eigenvalue weighted by molar-refractivity contribution is 7.91. The quantitative estimate of drug-likeness (QED) is 0.774. The molecule has 7 nitrogen and oxygen atoms in total. The van der Waals surface area contributed by atoms with Crippen LogP contribution in [-0.2, 0) is 14.6 Å². The lowest BCUT2D eigenvalue weighted by atomic mass is 10.1. The molecule has 2 fully saturated rings. The van der Waals surface area contributed by atoms with E-state index in [1.807, 2.05) is 0 Å². The number of hydrogen-bond acceptors (Lipinski definition) is 5. The molecule has 0 aliphatic carbocycles. The lowest BCUT2D eigenvalue weighted by Gasteiger charge is -2.27. The molecule has 0 N–H and O–H groups in total. The van der Waals surface area contributed by atoms with Gasteiger partial charge in [0.2, 0.25) is 0 Å². The van der Waals surface area contributed by atoms with Crippen LogP contribution in [0, 0.1) is 0 Å². The van der Waals surface area contributed by atoms with Crippen molar-refractivity contribution in [2.24, 2.45) is 0 Å². The standard InChI is InChI=1S/C17H22N2O5S/c1-18(15-6-11-25(22,23)12-15)16(20)13-2-4-14(5-3-13)17(21)19-7-9-24-10-8-19/h2-5,15H,6-12H2,1H3. The fourth-order valence-electron chi connectivity index (χ4n) is 3.15. The molecular weight excluding hydrogens is 344 g/mol. The Morgan fingerprint density at radius 3 is 2.28 bits per heavy atom. The van der Waals surface area contributed by atoms with Gasteiger partial charge in [-0.15, -0.1) is 0 Å². The SMILES string of the molecule is CN(C(=O)c1ccc(C(=O)N2CCOCC2)cc1)C1CCS(=O)(=O)C1. The summed E-state index contributed by atoms with van der Waals surface area (Å²) in [5, 5.41) is 0. The first kappa shape index (κ1) is 17.9. The number of carbonyl (C=O) groups excluding carboxylic acids is 2. The highest BCUT2D eigenvalue weighted by Gasteiger charge is 2.33. The molecule has 0 aromatic heterocycles.